The highest BCUT2D eigenvalue weighted by Gasteiger charge is 2.32. The van der Waals surface area contributed by atoms with Crippen LogP contribution >= 0.6 is 0 Å². The molecule has 148 valence electrons. The highest BCUT2D eigenvalue weighted by molar-refractivity contribution is 6.46. The molecule has 7 heteroatoms. The molecule has 0 unspecified atom stereocenters. The first-order chi connectivity index (χ1) is 12.5. The number of amides is 2. The lowest BCUT2D eigenvalue weighted by Gasteiger charge is -2.31. The fraction of sp³-hybridized carbons (Fsp3) is 0.789. The second kappa shape index (κ2) is 12.9. The molecule has 0 saturated heterocycles. The Morgan fingerprint density at radius 1 is 1.19 bits per heavy atom. The van der Waals surface area contributed by atoms with Gasteiger partial charge in [0.1, 0.15) is 6.04 Å². The molecule has 0 radical (unpaired) electrons. The van der Waals surface area contributed by atoms with Crippen LogP contribution in [-0.4, -0.2) is 43.0 Å². The Morgan fingerprint density at radius 3 is 2.46 bits per heavy atom. The number of carbonyl (C=O) groups is 2. The normalized spacial score (nSPS) is 17.2. The number of carbonyl (C=O) groups excluding carboxylic acids is 2. The molecule has 0 aromatic heterocycles. The van der Waals surface area contributed by atoms with Gasteiger partial charge in [-0.2, -0.15) is 0 Å². The van der Waals surface area contributed by atoms with E-state index in [-0.39, 0.29) is 17.7 Å². The standard InChI is InChI=1S/C19H36BN3O3/c1-4-5-6-7-11-14-16(23-20(2)26)18(24)22-17(19(25)21-3)15-12-9-8-10-13-15/h4,15-17,23,26H,1,5-14H2,2-3H3,(H,21,25)(H,22,24)/t16-,17-/m0/s1. The summed E-state index contributed by atoms with van der Waals surface area (Å²) in [5, 5.41) is 18.2. The van der Waals surface area contributed by atoms with Crippen molar-refractivity contribution in [1.29, 1.82) is 0 Å². The van der Waals surface area contributed by atoms with Gasteiger partial charge in [0.05, 0.1) is 6.04 Å². The Labute approximate surface area is 158 Å². The van der Waals surface area contributed by atoms with Crippen LogP contribution < -0.4 is 15.9 Å². The summed E-state index contributed by atoms with van der Waals surface area (Å²) in [5.41, 5.74) is 0. The summed E-state index contributed by atoms with van der Waals surface area (Å²) < 4.78 is 0. The van der Waals surface area contributed by atoms with Gasteiger partial charge in [0.2, 0.25) is 11.8 Å². The lowest BCUT2D eigenvalue weighted by atomic mass is 9.83. The van der Waals surface area contributed by atoms with Gasteiger partial charge in [0.25, 0.3) is 0 Å². The highest BCUT2D eigenvalue weighted by atomic mass is 16.2. The molecule has 0 bridgehead atoms. The maximum Gasteiger partial charge on any atom is 0.374 e. The van der Waals surface area contributed by atoms with Crippen LogP contribution in [0.5, 0.6) is 0 Å². The first-order valence-electron chi connectivity index (χ1n) is 10.1. The predicted molar refractivity (Wildman–Crippen MR) is 107 cm³/mol. The molecule has 2 atom stereocenters. The third-order valence-electron chi connectivity index (χ3n) is 5.11. The van der Waals surface area contributed by atoms with E-state index in [0.29, 0.717) is 6.42 Å². The summed E-state index contributed by atoms with van der Waals surface area (Å²) in [6, 6.07) is -0.985. The number of unbranched alkanes of at least 4 members (excludes halogenated alkanes) is 3. The molecule has 0 aromatic carbocycles. The van der Waals surface area contributed by atoms with Crippen LogP contribution in [0.4, 0.5) is 0 Å². The van der Waals surface area contributed by atoms with Gasteiger partial charge in [0.15, 0.2) is 0 Å². The van der Waals surface area contributed by atoms with Gasteiger partial charge in [-0.25, -0.2) is 0 Å². The van der Waals surface area contributed by atoms with E-state index in [2.05, 4.69) is 22.4 Å². The zero-order valence-electron chi connectivity index (χ0n) is 16.4. The lowest BCUT2D eigenvalue weighted by molar-refractivity contribution is -0.131. The minimum atomic E-state index is -0.771. The van der Waals surface area contributed by atoms with Crippen molar-refractivity contribution in [2.45, 2.75) is 83.1 Å². The Balaban J connectivity index is 2.66. The van der Waals surface area contributed by atoms with Gasteiger partial charge in [-0.3, -0.25) is 9.59 Å². The molecular formula is C19H36BN3O3. The maximum atomic E-state index is 12.8. The lowest BCUT2D eigenvalue weighted by Crippen LogP contribution is -2.57. The number of likely N-dealkylation sites (N-methyl/N-ethyl adjacent to an activating group) is 1. The SMILES string of the molecule is C=CCCCCC[C@H](NB(C)O)C(=O)N[C@H](C(=O)NC)C1CCCCC1. The van der Waals surface area contributed by atoms with Crippen LogP contribution in [0.3, 0.4) is 0 Å². The van der Waals surface area contributed by atoms with E-state index in [1.165, 1.54) is 6.42 Å². The largest absolute Gasteiger partial charge is 0.437 e. The van der Waals surface area contributed by atoms with Crippen molar-refractivity contribution in [1.82, 2.24) is 15.9 Å². The summed E-state index contributed by atoms with van der Waals surface area (Å²) >= 11 is 0. The Bertz CT molecular complexity index is 440. The van der Waals surface area contributed by atoms with Crippen molar-refractivity contribution in [2.24, 2.45) is 5.92 Å². The Kier molecular flexibility index (Phi) is 11.3. The summed E-state index contributed by atoms with van der Waals surface area (Å²) in [6.07, 6.45) is 11.8. The summed E-state index contributed by atoms with van der Waals surface area (Å²) in [6.45, 7) is 5.32. The van der Waals surface area contributed by atoms with Crippen molar-refractivity contribution in [2.75, 3.05) is 7.05 Å². The van der Waals surface area contributed by atoms with Crippen molar-refractivity contribution < 1.29 is 14.6 Å². The van der Waals surface area contributed by atoms with Gasteiger partial charge in [-0.05, 0) is 44.8 Å². The van der Waals surface area contributed by atoms with E-state index in [1.54, 1.807) is 13.9 Å². The minimum absolute atomic E-state index is 0.132. The summed E-state index contributed by atoms with van der Waals surface area (Å²) in [4.78, 5) is 25.1. The fourth-order valence-electron chi connectivity index (χ4n) is 3.67. The molecule has 26 heavy (non-hydrogen) atoms. The van der Waals surface area contributed by atoms with Gasteiger partial charge >= 0.3 is 7.05 Å². The highest BCUT2D eigenvalue weighted by Crippen LogP contribution is 2.26. The topological polar surface area (TPSA) is 90.5 Å². The van der Waals surface area contributed by atoms with E-state index in [1.807, 2.05) is 6.08 Å². The third-order valence-corrected chi connectivity index (χ3v) is 5.11. The molecule has 0 aromatic rings. The smallest absolute Gasteiger partial charge is 0.374 e. The number of rotatable bonds is 12. The van der Waals surface area contributed by atoms with Crippen LogP contribution in [-0.2, 0) is 9.59 Å². The van der Waals surface area contributed by atoms with Crippen molar-refractivity contribution >= 4 is 18.9 Å². The van der Waals surface area contributed by atoms with Crippen LogP contribution in [0.15, 0.2) is 12.7 Å². The molecule has 0 heterocycles. The van der Waals surface area contributed by atoms with Crippen molar-refractivity contribution in [3.05, 3.63) is 12.7 Å². The van der Waals surface area contributed by atoms with E-state index < -0.39 is 19.1 Å². The van der Waals surface area contributed by atoms with E-state index in [4.69, 9.17) is 0 Å². The van der Waals surface area contributed by atoms with Crippen molar-refractivity contribution in [3.63, 3.8) is 0 Å². The zero-order chi connectivity index (χ0) is 19.4. The number of hydrogen-bond donors (Lipinski definition) is 4. The monoisotopic (exact) mass is 365 g/mol. The first kappa shape index (κ1) is 22.7. The Morgan fingerprint density at radius 2 is 1.88 bits per heavy atom. The van der Waals surface area contributed by atoms with E-state index >= 15 is 0 Å². The van der Waals surface area contributed by atoms with Crippen LogP contribution in [0, 0.1) is 5.92 Å². The maximum absolute atomic E-state index is 12.8. The molecule has 2 amide bonds. The van der Waals surface area contributed by atoms with Crippen LogP contribution in [0.1, 0.15) is 64.2 Å². The van der Waals surface area contributed by atoms with E-state index in [9.17, 15) is 14.6 Å². The second-order valence-electron chi connectivity index (χ2n) is 7.32. The molecular weight excluding hydrogens is 329 g/mol. The predicted octanol–water partition coefficient (Wildman–Crippen LogP) is 2.00. The molecule has 0 spiro atoms. The van der Waals surface area contributed by atoms with Gasteiger partial charge < -0.3 is 20.9 Å². The molecule has 1 saturated carbocycles. The number of allylic oxidation sites excluding steroid dienone is 1. The van der Waals surface area contributed by atoms with Crippen molar-refractivity contribution in [3.8, 4) is 0 Å². The zero-order valence-corrected chi connectivity index (χ0v) is 16.4. The van der Waals surface area contributed by atoms with Gasteiger partial charge in [-0.15, -0.1) is 6.58 Å². The quantitative estimate of drug-likeness (QED) is 0.242. The Hall–Kier alpha value is -1.34. The minimum Gasteiger partial charge on any atom is -0.437 e. The number of hydrogen-bond acceptors (Lipinski definition) is 4. The molecule has 6 nitrogen and oxygen atoms in total. The molecule has 1 aliphatic rings. The summed E-state index contributed by atoms with van der Waals surface area (Å²) in [5.74, 6) is -0.145. The molecule has 1 fully saturated rings. The van der Waals surface area contributed by atoms with Gasteiger partial charge in [0, 0.05) is 7.05 Å². The average molecular weight is 365 g/mol. The third kappa shape index (κ3) is 8.36. The molecule has 4 N–H and O–H groups in total. The molecule has 1 aliphatic carbocycles. The van der Waals surface area contributed by atoms with Gasteiger partial charge in [-0.1, -0.05) is 38.2 Å². The molecule has 1 rings (SSSR count). The average Bonchev–Trinajstić information content (AvgIpc) is 2.64. The van der Waals surface area contributed by atoms with Crippen LogP contribution in [0.25, 0.3) is 0 Å². The van der Waals surface area contributed by atoms with E-state index in [0.717, 1.165) is 51.4 Å². The second-order valence-corrected chi connectivity index (χ2v) is 7.32. The number of nitrogens with one attached hydrogen (secondary N) is 3. The summed E-state index contributed by atoms with van der Waals surface area (Å²) in [7, 11) is 0.835. The van der Waals surface area contributed by atoms with Crippen LogP contribution in [0.2, 0.25) is 6.82 Å². The first-order valence-corrected chi connectivity index (χ1v) is 10.1. The molecule has 0 aliphatic heterocycles. The fourth-order valence-corrected chi connectivity index (χ4v) is 3.67.